The fourth-order valence-corrected chi connectivity index (χ4v) is 1.71. The van der Waals surface area contributed by atoms with E-state index < -0.39 is 0 Å². The lowest BCUT2D eigenvalue weighted by Crippen LogP contribution is -1.90. The summed E-state index contributed by atoms with van der Waals surface area (Å²) in [7, 11) is 0. The minimum Gasteiger partial charge on any atom is -0.408 e. The molecule has 0 aliphatic heterocycles. The first-order chi connectivity index (χ1) is 7.79. The highest BCUT2D eigenvalue weighted by molar-refractivity contribution is 9.10. The standard InChI is InChI=1S/C10H9BrClN3O/c11-7-3-1-2-4-8(7)13-10-15-14-9(16-10)5-6-12/h1-4H,5-6H2,(H,13,15). The molecule has 2 rings (SSSR count). The number of hydrogen-bond acceptors (Lipinski definition) is 4. The van der Waals surface area contributed by atoms with Gasteiger partial charge in [0.25, 0.3) is 0 Å². The van der Waals surface area contributed by atoms with E-state index in [1.54, 1.807) is 0 Å². The summed E-state index contributed by atoms with van der Waals surface area (Å²) in [6, 6.07) is 8.06. The van der Waals surface area contributed by atoms with Crippen LogP contribution in [0.25, 0.3) is 0 Å². The molecule has 0 radical (unpaired) electrons. The fraction of sp³-hybridized carbons (Fsp3) is 0.200. The van der Waals surface area contributed by atoms with E-state index in [4.69, 9.17) is 16.0 Å². The maximum Gasteiger partial charge on any atom is 0.320 e. The molecule has 1 N–H and O–H groups in total. The van der Waals surface area contributed by atoms with Crippen LogP contribution in [0.2, 0.25) is 0 Å². The monoisotopic (exact) mass is 301 g/mol. The summed E-state index contributed by atoms with van der Waals surface area (Å²) in [5.74, 6) is 1.00. The van der Waals surface area contributed by atoms with E-state index >= 15 is 0 Å². The SMILES string of the molecule is ClCCc1nnc(Nc2ccccc2Br)o1. The van der Waals surface area contributed by atoms with Crippen LogP contribution >= 0.6 is 27.5 Å². The first-order valence-corrected chi connectivity index (χ1v) is 6.02. The topological polar surface area (TPSA) is 51.0 Å². The second-order valence-corrected chi connectivity index (χ2v) is 4.28. The Bertz CT molecular complexity index is 475. The third-order valence-corrected chi connectivity index (χ3v) is 2.77. The molecule has 0 unspecified atom stereocenters. The second kappa shape index (κ2) is 5.32. The van der Waals surface area contributed by atoms with Crippen molar-refractivity contribution in [2.45, 2.75) is 6.42 Å². The number of aryl methyl sites for hydroxylation is 1. The molecule has 2 aromatic rings. The van der Waals surface area contributed by atoms with Crippen LogP contribution < -0.4 is 5.32 Å². The molecule has 16 heavy (non-hydrogen) atoms. The summed E-state index contributed by atoms with van der Waals surface area (Å²) >= 11 is 8.99. The number of nitrogens with zero attached hydrogens (tertiary/aromatic N) is 2. The van der Waals surface area contributed by atoms with Gasteiger partial charge in [-0.1, -0.05) is 17.2 Å². The third kappa shape index (κ3) is 2.74. The lowest BCUT2D eigenvalue weighted by atomic mass is 10.3. The highest BCUT2D eigenvalue weighted by atomic mass is 79.9. The average Bonchev–Trinajstić information content (AvgIpc) is 2.70. The summed E-state index contributed by atoms with van der Waals surface area (Å²) in [6.45, 7) is 0. The minimum atomic E-state index is 0.368. The van der Waals surface area contributed by atoms with Crippen LogP contribution in [0.4, 0.5) is 11.7 Å². The van der Waals surface area contributed by atoms with E-state index in [1.807, 2.05) is 24.3 Å². The molecule has 0 aliphatic carbocycles. The van der Waals surface area contributed by atoms with Crippen molar-refractivity contribution in [3.8, 4) is 0 Å². The highest BCUT2D eigenvalue weighted by Crippen LogP contribution is 2.24. The molecule has 0 saturated carbocycles. The summed E-state index contributed by atoms with van der Waals surface area (Å²) in [4.78, 5) is 0. The highest BCUT2D eigenvalue weighted by Gasteiger charge is 2.06. The molecule has 1 aromatic carbocycles. The maximum absolute atomic E-state index is 5.58. The maximum atomic E-state index is 5.58. The van der Waals surface area contributed by atoms with E-state index in [0.29, 0.717) is 24.2 Å². The molecular formula is C10H9BrClN3O. The Labute approximate surface area is 106 Å². The van der Waals surface area contributed by atoms with Crippen LogP contribution in [0, 0.1) is 0 Å². The molecule has 6 heteroatoms. The smallest absolute Gasteiger partial charge is 0.320 e. The number of rotatable bonds is 4. The summed E-state index contributed by atoms with van der Waals surface area (Å²) in [5, 5.41) is 10.7. The first-order valence-electron chi connectivity index (χ1n) is 4.69. The van der Waals surface area contributed by atoms with Crippen LogP contribution in [0.3, 0.4) is 0 Å². The molecule has 0 bridgehead atoms. The number of para-hydroxylation sites is 1. The van der Waals surface area contributed by atoms with Gasteiger partial charge in [0, 0.05) is 16.8 Å². The molecular weight excluding hydrogens is 293 g/mol. The van der Waals surface area contributed by atoms with Crippen LogP contribution in [0.15, 0.2) is 33.2 Å². The molecule has 1 heterocycles. The van der Waals surface area contributed by atoms with Crippen molar-refractivity contribution >= 4 is 39.2 Å². The van der Waals surface area contributed by atoms with E-state index in [9.17, 15) is 0 Å². The molecule has 84 valence electrons. The van der Waals surface area contributed by atoms with Crippen molar-refractivity contribution < 1.29 is 4.42 Å². The fourth-order valence-electron chi connectivity index (χ4n) is 1.16. The number of hydrogen-bond donors (Lipinski definition) is 1. The van der Waals surface area contributed by atoms with E-state index in [1.165, 1.54) is 0 Å². The number of anilines is 2. The Morgan fingerprint density at radius 2 is 2.12 bits per heavy atom. The van der Waals surface area contributed by atoms with Crippen molar-refractivity contribution in [3.63, 3.8) is 0 Å². The van der Waals surface area contributed by atoms with Crippen molar-refractivity contribution in [2.75, 3.05) is 11.2 Å². The van der Waals surface area contributed by atoms with Crippen LogP contribution in [-0.2, 0) is 6.42 Å². The zero-order valence-electron chi connectivity index (χ0n) is 8.28. The Morgan fingerprint density at radius 1 is 1.31 bits per heavy atom. The summed E-state index contributed by atoms with van der Waals surface area (Å²) < 4.78 is 6.28. The minimum absolute atomic E-state index is 0.368. The Balaban J connectivity index is 2.11. The number of benzene rings is 1. The molecule has 0 fully saturated rings. The Kier molecular flexibility index (Phi) is 3.79. The molecule has 1 aromatic heterocycles. The van der Waals surface area contributed by atoms with Gasteiger partial charge in [-0.25, -0.2) is 0 Å². The van der Waals surface area contributed by atoms with E-state index in [0.717, 1.165) is 10.2 Å². The Hall–Kier alpha value is -1.07. The van der Waals surface area contributed by atoms with Crippen molar-refractivity contribution in [3.05, 3.63) is 34.6 Å². The summed E-state index contributed by atoms with van der Waals surface area (Å²) in [6.07, 6.45) is 0.576. The van der Waals surface area contributed by atoms with Crippen LogP contribution in [0.5, 0.6) is 0 Å². The van der Waals surface area contributed by atoms with Gasteiger partial charge < -0.3 is 9.73 Å². The Morgan fingerprint density at radius 3 is 2.88 bits per heavy atom. The number of nitrogens with one attached hydrogen (secondary N) is 1. The van der Waals surface area contributed by atoms with Gasteiger partial charge in [0.2, 0.25) is 5.89 Å². The van der Waals surface area contributed by atoms with Gasteiger partial charge in [0.05, 0.1) is 5.69 Å². The number of alkyl halides is 1. The van der Waals surface area contributed by atoms with Gasteiger partial charge in [0.15, 0.2) is 0 Å². The molecule has 0 aliphatic rings. The predicted octanol–water partition coefficient (Wildman–Crippen LogP) is 3.36. The predicted molar refractivity (Wildman–Crippen MR) is 66.1 cm³/mol. The van der Waals surface area contributed by atoms with Gasteiger partial charge in [-0.3, -0.25) is 0 Å². The molecule has 0 spiro atoms. The number of aromatic nitrogens is 2. The van der Waals surface area contributed by atoms with Gasteiger partial charge in [-0.05, 0) is 28.1 Å². The van der Waals surface area contributed by atoms with Gasteiger partial charge in [0.1, 0.15) is 0 Å². The van der Waals surface area contributed by atoms with Crippen molar-refractivity contribution in [1.82, 2.24) is 10.2 Å². The largest absolute Gasteiger partial charge is 0.408 e. The van der Waals surface area contributed by atoms with E-state index in [2.05, 4.69) is 31.4 Å². The molecule has 0 atom stereocenters. The zero-order chi connectivity index (χ0) is 11.4. The molecule has 0 saturated heterocycles. The van der Waals surface area contributed by atoms with Gasteiger partial charge in [-0.15, -0.1) is 16.7 Å². The third-order valence-electron chi connectivity index (χ3n) is 1.89. The average molecular weight is 303 g/mol. The number of halogens is 2. The van der Waals surface area contributed by atoms with Gasteiger partial charge >= 0.3 is 6.01 Å². The molecule has 4 nitrogen and oxygen atoms in total. The summed E-state index contributed by atoms with van der Waals surface area (Å²) in [5.41, 5.74) is 0.878. The van der Waals surface area contributed by atoms with Crippen LogP contribution in [-0.4, -0.2) is 16.1 Å². The lowest BCUT2D eigenvalue weighted by Gasteiger charge is -2.02. The quantitative estimate of drug-likeness (QED) is 0.880. The van der Waals surface area contributed by atoms with Crippen LogP contribution in [0.1, 0.15) is 5.89 Å². The van der Waals surface area contributed by atoms with E-state index in [-0.39, 0.29) is 0 Å². The zero-order valence-corrected chi connectivity index (χ0v) is 10.6. The van der Waals surface area contributed by atoms with Crippen molar-refractivity contribution in [1.29, 1.82) is 0 Å². The second-order valence-electron chi connectivity index (χ2n) is 3.04. The molecule has 0 amide bonds. The normalized spacial score (nSPS) is 10.4. The first kappa shape index (κ1) is 11.4. The van der Waals surface area contributed by atoms with Crippen molar-refractivity contribution in [2.24, 2.45) is 0 Å². The lowest BCUT2D eigenvalue weighted by molar-refractivity contribution is 0.516. The van der Waals surface area contributed by atoms with Gasteiger partial charge in [-0.2, -0.15) is 0 Å².